The molecule has 3 aromatic carbocycles. The van der Waals surface area contributed by atoms with Crippen LogP contribution in [0.2, 0.25) is 0 Å². The van der Waals surface area contributed by atoms with E-state index in [0.717, 1.165) is 83.3 Å². The van der Waals surface area contributed by atoms with Crippen molar-refractivity contribution in [1.82, 2.24) is 39.9 Å². The molecular formula is C45H32N10Ru. The Bertz CT molecular complexity index is 2750. The maximum absolute atomic E-state index is 7.99. The number of pyridine rings is 6. The van der Waals surface area contributed by atoms with Gasteiger partial charge in [0.1, 0.15) is 0 Å². The number of rotatable bonds is 3. The van der Waals surface area contributed by atoms with E-state index in [1.165, 1.54) is 0 Å². The molecule has 10 rings (SSSR count). The summed E-state index contributed by atoms with van der Waals surface area (Å²) in [5.41, 5.74) is 27.6. The van der Waals surface area contributed by atoms with Crippen LogP contribution in [-0.2, 0) is 19.5 Å². The zero-order valence-corrected chi connectivity index (χ0v) is 31.8. The van der Waals surface area contributed by atoms with Crippen molar-refractivity contribution in [2.45, 2.75) is 6.92 Å². The maximum atomic E-state index is 7.99. The van der Waals surface area contributed by atoms with Gasteiger partial charge in [0.25, 0.3) is 0 Å². The molecule has 10 nitrogen and oxygen atoms in total. The van der Waals surface area contributed by atoms with Crippen LogP contribution in [0.3, 0.4) is 0 Å². The predicted molar refractivity (Wildman–Crippen MR) is 221 cm³/mol. The third-order valence-corrected chi connectivity index (χ3v) is 8.95. The molecule has 7 heterocycles. The third-order valence-electron chi connectivity index (χ3n) is 8.95. The molecule has 0 unspecified atom stereocenters. The summed E-state index contributed by atoms with van der Waals surface area (Å²) < 4.78 is 0. The first-order valence-electron chi connectivity index (χ1n) is 17.5. The summed E-state index contributed by atoms with van der Waals surface area (Å²) in [6, 6.07) is 40.3. The van der Waals surface area contributed by atoms with Crippen LogP contribution in [0.4, 0.5) is 11.4 Å². The van der Waals surface area contributed by atoms with Crippen molar-refractivity contribution < 1.29 is 19.5 Å². The minimum atomic E-state index is 0. The van der Waals surface area contributed by atoms with E-state index < -0.39 is 0 Å². The molecule has 56 heavy (non-hydrogen) atoms. The predicted octanol–water partition coefficient (Wildman–Crippen LogP) is 11.5. The molecule has 0 amide bonds. The topological polar surface area (TPSA) is 151 Å². The van der Waals surface area contributed by atoms with Gasteiger partial charge < -0.3 is 11.5 Å². The van der Waals surface area contributed by atoms with Crippen LogP contribution < -0.4 is 0 Å². The fourth-order valence-corrected chi connectivity index (χ4v) is 6.28. The minimum absolute atomic E-state index is 0. The summed E-state index contributed by atoms with van der Waals surface area (Å²) in [6.07, 6.45) is 10.6. The van der Waals surface area contributed by atoms with Crippen LogP contribution in [0.15, 0.2) is 165 Å². The van der Waals surface area contributed by atoms with Crippen molar-refractivity contribution >= 4 is 55.2 Å². The van der Waals surface area contributed by atoms with Crippen molar-refractivity contribution in [2.24, 2.45) is 0 Å². The molecule has 0 aliphatic rings. The second-order valence-electron chi connectivity index (χ2n) is 12.4. The van der Waals surface area contributed by atoms with Gasteiger partial charge in [0.2, 0.25) is 0 Å². The zero-order chi connectivity index (χ0) is 37.6. The normalized spacial score (nSPS) is 10.6. The minimum Gasteiger partial charge on any atom is -0.700 e. The Morgan fingerprint density at radius 3 is 1.30 bits per heavy atom. The molecule has 0 fully saturated rings. The molecule has 0 saturated heterocycles. The van der Waals surface area contributed by atoms with Crippen molar-refractivity contribution in [3.05, 3.63) is 182 Å². The van der Waals surface area contributed by atoms with Crippen LogP contribution >= 0.6 is 0 Å². The number of hydrogen-bond acceptors (Lipinski definition) is 8. The molecule has 0 atom stereocenters. The second kappa shape index (κ2) is 16.9. The molecule has 0 aliphatic heterocycles. The first-order chi connectivity index (χ1) is 27.0. The van der Waals surface area contributed by atoms with Gasteiger partial charge >= 0.3 is 19.5 Å². The fourth-order valence-electron chi connectivity index (χ4n) is 6.28. The number of aryl methyl sites for hydroxylation is 1. The van der Waals surface area contributed by atoms with Gasteiger partial charge in [-0.2, -0.15) is 11.4 Å². The van der Waals surface area contributed by atoms with E-state index in [2.05, 4.69) is 29.9 Å². The van der Waals surface area contributed by atoms with Crippen LogP contribution in [0.25, 0.3) is 89.2 Å². The average molecular weight is 814 g/mol. The molecule has 0 radical (unpaired) electrons. The van der Waals surface area contributed by atoms with E-state index in [0.29, 0.717) is 0 Å². The van der Waals surface area contributed by atoms with Gasteiger partial charge in [-0.1, -0.05) is 48.5 Å². The summed E-state index contributed by atoms with van der Waals surface area (Å²) in [4.78, 5) is 35.9. The van der Waals surface area contributed by atoms with Crippen LogP contribution in [0.5, 0.6) is 0 Å². The van der Waals surface area contributed by atoms with Crippen LogP contribution in [0.1, 0.15) is 5.56 Å². The summed E-state index contributed by atoms with van der Waals surface area (Å²) in [5, 5.41) is 1.86. The van der Waals surface area contributed by atoms with E-state index >= 15 is 0 Å². The van der Waals surface area contributed by atoms with Crippen molar-refractivity contribution in [2.75, 3.05) is 0 Å². The number of nitrogens with zero attached hydrogens (tertiary/aromatic N) is 8. The van der Waals surface area contributed by atoms with Crippen molar-refractivity contribution in [3.63, 3.8) is 0 Å². The van der Waals surface area contributed by atoms with Gasteiger partial charge in [0.15, 0.2) is 0 Å². The molecule has 0 bridgehead atoms. The number of hydrogen-bond donors (Lipinski definition) is 0. The summed E-state index contributed by atoms with van der Waals surface area (Å²) in [6.45, 7) is 2.03. The van der Waals surface area contributed by atoms with E-state index in [1.54, 1.807) is 49.3 Å². The Kier molecular flexibility index (Phi) is 11.3. The zero-order valence-electron chi connectivity index (χ0n) is 30.0. The molecule has 0 aliphatic carbocycles. The van der Waals surface area contributed by atoms with Gasteiger partial charge in [-0.3, -0.25) is 29.9 Å². The Morgan fingerprint density at radius 1 is 0.393 bits per heavy atom. The van der Waals surface area contributed by atoms with Crippen molar-refractivity contribution in [3.8, 4) is 33.9 Å². The van der Waals surface area contributed by atoms with Gasteiger partial charge in [0, 0.05) is 48.0 Å². The van der Waals surface area contributed by atoms with E-state index in [1.807, 2.05) is 122 Å². The average Bonchev–Trinajstić information content (AvgIpc) is 3.26. The van der Waals surface area contributed by atoms with Crippen LogP contribution in [-0.4, -0.2) is 39.9 Å². The van der Waals surface area contributed by atoms with Gasteiger partial charge in [0.05, 0.1) is 55.9 Å². The summed E-state index contributed by atoms with van der Waals surface area (Å²) in [5.74, 6) is 0. The largest absolute Gasteiger partial charge is 2.00 e. The molecular weight excluding hydrogens is 782 g/mol. The second-order valence-corrected chi connectivity index (χ2v) is 12.4. The van der Waals surface area contributed by atoms with Gasteiger partial charge in [-0.25, -0.2) is 9.97 Å². The summed E-state index contributed by atoms with van der Waals surface area (Å²) in [7, 11) is 0. The molecule has 0 spiro atoms. The Hall–Kier alpha value is -7.10. The number of aromatic nitrogens is 8. The maximum Gasteiger partial charge on any atom is 2.00 e. The molecule has 10 aromatic rings. The van der Waals surface area contributed by atoms with Crippen molar-refractivity contribution in [1.29, 1.82) is 0 Å². The Morgan fingerprint density at radius 2 is 0.857 bits per heavy atom. The third kappa shape index (κ3) is 7.75. The first-order valence-corrected chi connectivity index (χ1v) is 17.5. The van der Waals surface area contributed by atoms with Gasteiger partial charge in [-0.15, -0.1) is 0 Å². The number of fused-ring (bicyclic) bond motifs is 7. The Balaban J connectivity index is 0.000000157. The smallest absolute Gasteiger partial charge is 0.700 e. The molecule has 11 heteroatoms. The molecule has 2 N–H and O–H groups in total. The molecule has 270 valence electrons. The standard InChI is InChI=1S/C25H16N6.2C10H8N2.Ru/c1-13-15(14-6-8-18(26)19(27)12-14)7-9-20-21(13)31-25-17-5-3-11-29-23(17)22-16(24(25)30-20)4-2-10-28-22;2*1-3-7-11-9(5-1)10-6-2-4-8-12-10;/h2-12,26-27H,1H3;2*1-8H;/q-2;;;+2. The van der Waals surface area contributed by atoms with Gasteiger partial charge in [-0.05, 0) is 102 Å². The quantitative estimate of drug-likeness (QED) is 0.0971. The monoisotopic (exact) mass is 814 g/mol. The van der Waals surface area contributed by atoms with E-state index in [-0.39, 0.29) is 30.9 Å². The first kappa shape index (κ1) is 37.2. The molecule has 0 saturated carbocycles. The van der Waals surface area contributed by atoms with E-state index in [4.69, 9.17) is 21.4 Å². The summed E-state index contributed by atoms with van der Waals surface area (Å²) >= 11 is 0. The van der Waals surface area contributed by atoms with Crippen LogP contribution in [0, 0.1) is 6.92 Å². The number of benzene rings is 3. The van der Waals surface area contributed by atoms with E-state index in [9.17, 15) is 0 Å². The SMILES string of the molecule is Cc1c(-c2ccc([NH-])c([NH-])c2)ccc2nc3c4cccnc4c4ncccc4c3nc12.[Ru+2].c1ccc(-c2ccccn2)nc1.c1ccc(-c2ccccn2)nc1. The Labute approximate surface area is 335 Å². The number of nitrogens with one attached hydrogen (secondary N) is 2. The molecule has 7 aromatic heterocycles. The fraction of sp³-hybridized carbons (Fsp3) is 0.0222.